The lowest BCUT2D eigenvalue weighted by molar-refractivity contribution is 0.443. The Bertz CT molecular complexity index is 519. The largest absolute Gasteiger partial charge is 0.464 e. The van der Waals surface area contributed by atoms with Crippen LogP contribution in [0.4, 0.5) is 0 Å². The summed E-state index contributed by atoms with van der Waals surface area (Å²) in [6, 6.07) is 10.5. The molecule has 0 aliphatic carbocycles. The van der Waals surface area contributed by atoms with Crippen LogP contribution in [0, 0.1) is 17.4 Å². The minimum absolute atomic E-state index is 0.121. The molecule has 2 aromatic rings. The predicted molar refractivity (Wildman–Crippen MR) is 78.2 cm³/mol. The summed E-state index contributed by atoms with van der Waals surface area (Å²) in [6.45, 7) is 4.10. The third-order valence-corrected chi connectivity index (χ3v) is 4.34. The Labute approximate surface area is 116 Å². The fraction of sp³-hybridized carbons (Fsp3) is 0.286. The van der Waals surface area contributed by atoms with Crippen LogP contribution < -0.4 is 5.32 Å². The SMILES string of the molecule is CNC(c1ccc(C)o1)c1cccc(C)c1I. The Morgan fingerprint density at radius 1 is 1.18 bits per heavy atom. The summed E-state index contributed by atoms with van der Waals surface area (Å²) in [6.07, 6.45) is 0. The van der Waals surface area contributed by atoms with Crippen LogP contribution in [0.25, 0.3) is 0 Å². The smallest absolute Gasteiger partial charge is 0.125 e. The lowest BCUT2D eigenvalue weighted by Crippen LogP contribution is -2.18. The second-order valence-corrected chi connectivity index (χ2v) is 5.23. The lowest BCUT2D eigenvalue weighted by atomic mass is 10.0. The highest BCUT2D eigenvalue weighted by molar-refractivity contribution is 14.1. The molecule has 1 aromatic heterocycles. The van der Waals surface area contributed by atoms with Gasteiger partial charge in [0.1, 0.15) is 11.5 Å². The van der Waals surface area contributed by atoms with Crippen LogP contribution in [0.15, 0.2) is 34.7 Å². The maximum Gasteiger partial charge on any atom is 0.125 e. The molecule has 1 unspecified atom stereocenters. The average Bonchev–Trinajstić information content (AvgIpc) is 2.72. The van der Waals surface area contributed by atoms with Gasteiger partial charge in [-0.3, -0.25) is 0 Å². The van der Waals surface area contributed by atoms with Gasteiger partial charge in [-0.2, -0.15) is 0 Å². The zero-order valence-corrected chi connectivity index (χ0v) is 12.4. The summed E-state index contributed by atoms with van der Waals surface area (Å²) in [7, 11) is 1.96. The summed E-state index contributed by atoms with van der Waals surface area (Å²) in [5.74, 6) is 1.91. The van der Waals surface area contributed by atoms with Gasteiger partial charge in [0.05, 0.1) is 6.04 Å². The molecule has 0 aliphatic rings. The van der Waals surface area contributed by atoms with Crippen LogP contribution in [-0.2, 0) is 0 Å². The quantitative estimate of drug-likeness (QED) is 0.859. The molecule has 1 N–H and O–H groups in total. The highest BCUT2D eigenvalue weighted by Gasteiger charge is 2.18. The molecular weight excluding hydrogens is 325 g/mol. The molecule has 2 nitrogen and oxygen atoms in total. The molecule has 0 aliphatic heterocycles. The van der Waals surface area contributed by atoms with Crippen LogP contribution >= 0.6 is 22.6 Å². The molecule has 90 valence electrons. The first kappa shape index (κ1) is 12.6. The van der Waals surface area contributed by atoms with Crippen molar-refractivity contribution >= 4 is 22.6 Å². The van der Waals surface area contributed by atoms with Crippen molar-refractivity contribution in [1.82, 2.24) is 5.32 Å². The van der Waals surface area contributed by atoms with Crippen LogP contribution in [0.2, 0.25) is 0 Å². The molecule has 0 bridgehead atoms. The second kappa shape index (κ2) is 5.23. The van der Waals surface area contributed by atoms with E-state index in [1.807, 2.05) is 26.1 Å². The van der Waals surface area contributed by atoms with E-state index >= 15 is 0 Å². The molecule has 0 saturated carbocycles. The number of benzene rings is 1. The highest BCUT2D eigenvalue weighted by Crippen LogP contribution is 2.28. The Hall–Kier alpha value is -0.810. The van der Waals surface area contributed by atoms with Crippen molar-refractivity contribution in [2.75, 3.05) is 7.05 Å². The number of hydrogen-bond acceptors (Lipinski definition) is 2. The van der Waals surface area contributed by atoms with E-state index in [4.69, 9.17) is 4.42 Å². The van der Waals surface area contributed by atoms with Gasteiger partial charge in [-0.25, -0.2) is 0 Å². The van der Waals surface area contributed by atoms with E-state index in [1.165, 1.54) is 14.7 Å². The molecule has 1 heterocycles. The molecule has 3 heteroatoms. The fourth-order valence-electron chi connectivity index (χ4n) is 1.95. The zero-order chi connectivity index (χ0) is 12.4. The van der Waals surface area contributed by atoms with E-state index in [2.05, 4.69) is 53.0 Å². The van der Waals surface area contributed by atoms with Gasteiger partial charge in [-0.1, -0.05) is 18.2 Å². The Morgan fingerprint density at radius 2 is 1.94 bits per heavy atom. The summed E-state index contributed by atoms with van der Waals surface area (Å²) in [5.41, 5.74) is 2.56. The molecule has 1 aromatic carbocycles. The van der Waals surface area contributed by atoms with Crippen LogP contribution in [0.5, 0.6) is 0 Å². The fourth-order valence-corrected chi connectivity index (χ4v) is 2.62. The third-order valence-electron chi connectivity index (χ3n) is 2.87. The Morgan fingerprint density at radius 3 is 2.53 bits per heavy atom. The maximum atomic E-state index is 5.72. The first-order chi connectivity index (χ1) is 8.13. The molecule has 0 spiro atoms. The second-order valence-electron chi connectivity index (χ2n) is 4.15. The Balaban J connectivity index is 2.45. The number of aryl methyl sites for hydroxylation is 2. The number of hydrogen-bond donors (Lipinski definition) is 1. The zero-order valence-electron chi connectivity index (χ0n) is 10.3. The topological polar surface area (TPSA) is 25.2 Å². The van der Waals surface area contributed by atoms with Crippen molar-refractivity contribution in [2.24, 2.45) is 0 Å². The molecule has 0 saturated heterocycles. The van der Waals surface area contributed by atoms with E-state index in [1.54, 1.807) is 0 Å². The number of furan rings is 1. The summed E-state index contributed by atoms with van der Waals surface area (Å²) in [4.78, 5) is 0. The molecule has 17 heavy (non-hydrogen) atoms. The van der Waals surface area contributed by atoms with Gasteiger partial charge in [-0.15, -0.1) is 0 Å². The average molecular weight is 341 g/mol. The monoisotopic (exact) mass is 341 g/mol. The van der Waals surface area contributed by atoms with Gasteiger partial charge in [0.25, 0.3) is 0 Å². The number of rotatable bonds is 3. The van der Waals surface area contributed by atoms with Crippen molar-refractivity contribution < 1.29 is 4.42 Å². The van der Waals surface area contributed by atoms with Crippen molar-refractivity contribution in [2.45, 2.75) is 19.9 Å². The maximum absolute atomic E-state index is 5.72. The molecule has 0 radical (unpaired) electrons. The first-order valence-electron chi connectivity index (χ1n) is 5.62. The van der Waals surface area contributed by atoms with Gasteiger partial charge < -0.3 is 9.73 Å². The van der Waals surface area contributed by atoms with Crippen LogP contribution in [-0.4, -0.2) is 7.05 Å². The molecule has 2 rings (SSSR count). The van der Waals surface area contributed by atoms with E-state index < -0.39 is 0 Å². The number of nitrogens with one attached hydrogen (secondary N) is 1. The third kappa shape index (κ3) is 2.55. The van der Waals surface area contributed by atoms with E-state index in [0.717, 1.165) is 11.5 Å². The predicted octanol–water partition coefficient (Wildman–Crippen LogP) is 3.81. The van der Waals surface area contributed by atoms with Crippen molar-refractivity contribution in [3.8, 4) is 0 Å². The minimum atomic E-state index is 0.121. The van der Waals surface area contributed by atoms with E-state index in [-0.39, 0.29) is 6.04 Å². The van der Waals surface area contributed by atoms with E-state index in [0.29, 0.717) is 0 Å². The lowest BCUT2D eigenvalue weighted by Gasteiger charge is -2.17. The highest BCUT2D eigenvalue weighted by atomic mass is 127. The van der Waals surface area contributed by atoms with Crippen molar-refractivity contribution in [3.63, 3.8) is 0 Å². The molecule has 1 atom stereocenters. The van der Waals surface area contributed by atoms with Crippen molar-refractivity contribution in [3.05, 3.63) is 56.5 Å². The Kier molecular flexibility index (Phi) is 3.89. The summed E-state index contributed by atoms with van der Waals surface area (Å²) >= 11 is 2.40. The van der Waals surface area contributed by atoms with E-state index in [9.17, 15) is 0 Å². The summed E-state index contributed by atoms with van der Waals surface area (Å²) < 4.78 is 7.01. The minimum Gasteiger partial charge on any atom is -0.464 e. The van der Waals surface area contributed by atoms with Gasteiger partial charge in [-0.05, 0) is 66.7 Å². The van der Waals surface area contributed by atoms with Gasteiger partial charge in [0, 0.05) is 3.57 Å². The standard InChI is InChI=1S/C14H16INO/c1-9-5-4-6-11(13(9)15)14(16-3)12-8-7-10(2)17-12/h4-8,14,16H,1-3H3. The van der Waals surface area contributed by atoms with Crippen molar-refractivity contribution in [1.29, 1.82) is 0 Å². The number of halogens is 1. The van der Waals surface area contributed by atoms with Gasteiger partial charge in [0.2, 0.25) is 0 Å². The molecular formula is C14H16INO. The first-order valence-corrected chi connectivity index (χ1v) is 6.70. The molecule has 0 amide bonds. The normalized spacial score (nSPS) is 12.7. The van der Waals surface area contributed by atoms with Gasteiger partial charge >= 0.3 is 0 Å². The van der Waals surface area contributed by atoms with Crippen LogP contribution in [0.3, 0.4) is 0 Å². The van der Waals surface area contributed by atoms with Crippen LogP contribution in [0.1, 0.15) is 28.7 Å². The van der Waals surface area contributed by atoms with Gasteiger partial charge in [0.15, 0.2) is 0 Å². The summed E-state index contributed by atoms with van der Waals surface area (Å²) in [5, 5.41) is 3.32. The molecule has 0 fully saturated rings.